The molecule has 0 radical (unpaired) electrons. The van der Waals surface area contributed by atoms with Crippen LogP contribution in [-0.4, -0.2) is 32.2 Å². The highest BCUT2D eigenvalue weighted by Crippen LogP contribution is 2.30. The van der Waals surface area contributed by atoms with Gasteiger partial charge in [0, 0.05) is 29.7 Å². The van der Waals surface area contributed by atoms with Crippen molar-refractivity contribution in [1.29, 1.82) is 0 Å². The van der Waals surface area contributed by atoms with Crippen LogP contribution in [-0.2, 0) is 0 Å². The first-order chi connectivity index (χ1) is 11.8. The van der Waals surface area contributed by atoms with Crippen molar-refractivity contribution >= 4 is 17.1 Å². The summed E-state index contributed by atoms with van der Waals surface area (Å²) < 4.78 is 15.9. The molecule has 3 aromatic heterocycles. The van der Waals surface area contributed by atoms with Gasteiger partial charge in [-0.05, 0) is 32.9 Å². The molecule has 3 aromatic rings. The van der Waals surface area contributed by atoms with Crippen LogP contribution < -0.4 is 11.1 Å². The molecular formula is C18H20FN5O. The minimum atomic E-state index is -1.48. The van der Waals surface area contributed by atoms with Crippen LogP contribution in [0.1, 0.15) is 31.1 Å². The van der Waals surface area contributed by atoms with Gasteiger partial charge in [0.25, 0.3) is 5.91 Å². The number of amides is 1. The van der Waals surface area contributed by atoms with Crippen LogP contribution in [0.4, 0.5) is 10.1 Å². The predicted octanol–water partition coefficient (Wildman–Crippen LogP) is 3.04. The molecule has 0 saturated heterocycles. The molecule has 7 heteroatoms. The second kappa shape index (κ2) is 6.16. The second-order valence-electron chi connectivity index (χ2n) is 6.53. The van der Waals surface area contributed by atoms with Gasteiger partial charge >= 0.3 is 0 Å². The van der Waals surface area contributed by atoms with Crippen LogP contribution in [0.3, 0.4) is 0 Å². The lowest BCUT2D eigenvalue weighted by atomic mass is 10.0. The number of alkyl halides is 1. The zero-order chi connectivity index (χ0) is 18.2. The molecule has 0 aromatic carbocycles. The first kappa shape index (κ1) is 16.9. The number of hydrogen-bond donors (Lipinski definition) is 2. The van der Waals surface area contributed by atoms with Gasteiger partial charge in [-0.1, -0.05) is 6.07 Å². The number of aromatic nitrogens is 3. The molecule has 3 N–H and O–H groups in total. The van der Waals surface area contributed by atoms with Gasteiger partial charge < -0.3 is 11.1 Å². The summed E-state index contributed by atoms with van der Waals surface area (Å²) in [5.74, 6) is -0.620. The number of hydrogen-bond acceptors (Lipinski definition) is 4. The number of anilines is 1. The molecule has 130 valence electrons. The maximum Gasteiger partial charge on any atom is 0.252 e. The molecule has 25 heavy (non-hydrogen) atoms. The minimum Gasteiger partial charge on any atom is -0.377 e. The van der Waals surface area contributed by atoms with E-state index in [1.165, 1.54) is 20.0 Å². The Bertz CT molecular complexity index is 914. The largest absolute Gasteiger partial charge is 0.377 e. The standard InChI is InChI=1S/C18H20FN5O/c1-11(18(2,3)19)23-16-14(17(20)25)9-22-24-10-13(7-15(16)24)12-5-4-6-21-8-12/h4-11,23H,1-3H3,(H2,20,25). The average Bonchev–Trinajstić information content (AvgIpc) is 2.99. The number of pyridine rings is 1. The molecule has 1 unspecified atom stereocenters. The number of fused-ring (bicyclic) bond motifs is 1. The molecule has 0 spiro atoms. The van der Waals surface area contributed by atoms with E-state index in [1.54, 1.807) is 23.8 Å². The molecule has 0 fully saturated rings. The van der Waals surface area contributed by atoms with Gasteiger partial charge in [0.05, 0.1) is 29.0 Å². The topological polar surface area (TPSA) is 85.3 Å². The lowest BCUT2D eigenvalue weighted by Crippen LogP contribution is -2.36. The molecule has 0 aliphatic heterocycles. The van der Waals surface area contributed by atoms with Crippen LogP contribution in [0.25, 0.3) is 16.6 Å². The van der Waals surface area contributed by atoms with E-state index >= 15 is 0 Å². The minimum absolute atomic E-state index is 0.222. The molecule has 3 rings (SSSR count). The van der Waals surface area contributed by atoms with E-state index < -0.39 is 17.6 Å². The summed E-state index contributed by atoms with van der Waals surface area (Å²) in [5.41, 5.74) is 7.13. The zero-order valence-corrected chi connectivity index (χ0v) is 14.3. The van der Waals surface area contributed by atoms with Crippen molar-refractivity contribution in [2.75, 3.05) is 5.32 Å². The van der Waals surface area contributed by atoms with Crippen LogP contribution in [0, 0.1) is 0 Å². The molecule has 3 heterocycles. The highest BCUT2D eigenvalue weighted by Gasteiger charge is 2.27. The van der Waals surface area contributed by atoms with Crippen LogP contribution in [0.2, 0.25) is 0 Å². The van der Waals surface area contributed by atoms with Crippen LogP contribution >= 0.6 is 0 Å². The van der Waals surface area contributed by atoms with E-state index in [0.29, 0.717) is 11.2 Å². The number of halogens is 1. The van der Waals surface area contributed by atoms with Gasteiger partial charge in [0.15, 0.2) is 0 Å². The number of rotatable bonds is 5. The molecule has 1 atom stereocenters. The number of nitrogens with two attached hydrogens (primary N) is 1. The summed E-state index contributed by atoms with van der Waals surface area (Å²) in [6, 6.07) is 5.11. The average molecular weight is 341 g/mol. The quantitative estimate of drug-likeness (QED) is 0.747. The van der Waals surface area contributed by atoms with Crippen molar-refractivity contribution in [2.45, 2.75) is 32.5 Å². The summed E-state index contributed by atoms with van der Waals surface area (Å²) in [6.45, 7) is 4.67. The lowest BCUT2D eigenvalue weighted by molar-refractivity contribution is 0.1000. The summed E-state index contributed by atoms with van der Waals surface area (Å²) in [4.78, 5) is 15.9. The summed E-state index contributed by atoms with van der Waals surface area (Å²) in [5, 5.41) is 7.33. The molecule has 0 saturated carbocycles. The Balaban J connectivity index is 2.15. The highest BCUT2D eigenvalue weighted by molar-refractivity contribution is 6.02. The normalized spacial score (nSPS) is 13.0. The second-order valence-corrected chi connectivity index (χ2v) is 6.53. The van der Waals surface area contributed by atoms with Crippen molar-refractivity contribution in [3.05, 3.63) is 48.5 Å². The van der Waals surface area contributed by atoms with Crippen molar-refractivity contribution in [2.24, 2.45) is 5.73 Å². The van der Waals surface area contributed by atoms with Gasteiger partial charge in [-0.3, -0.25) is 9.78 Å². The smallest absolute Gasteiger partial charge is 0.252 e. The molecule has 0 aliphatic carbocycles. The van der Waals surface area contributed by atoms with E-state index in [-0.39, 0.29) is 5.56 Å². The monoisotopic (exact) mass is 341 g/mol. The predicted molar refractivity (Wildman–Crippen MR) is 95.2 cm³/mol. The van der Waals surface area contributed by atoms with E-state index in [1.807, 2.05) is 24.4 Å². The first-order valence-corrected chi connectivity index (χ1v) is 7.94. The third-order valence-corrected chi connectivity index (χ3v) is 4.29. The number of nitrogens with zero attached hydrogens (tertiary/aromatic N) is 3. The summed E-state index contributed by atoms with van der Waals surface area (Å²) in [6.07, 6.45) is 6.65. The maximum absolute atomic E-state index is 14.3. The van der Waals surface area contributed by atoms with Gasteiger partial charge in [-0.25, -0.2) is 8.91 Å². The zero-order valence-electron chi connectivity index (χ0n) is 14.3. The molecule has 1 amide bonds. The molecule has 0 aliphatic rings. The third kappa shape index (κ3) is 3.31. The Morgan fingerprint density at radius 3 is 2.72 bits per heavy atom. The Hall–Kier alpha value is -2.96. The molecule has 6 nitrogen and oxygen atoms in total. The SMILES string of the molecule is CC(Nc1c(C(N)=O)cnn2cc(-c3cccnc3)cc12)C(C)(C)F. The van der Waals surface area contributed by atoms with Gasteiger partial charge in [0.2, 0.25) is 0 Å². The Morgan fingerprint density at radius 2 is 2.12 bits per heavy atom. The fraction of sp³-hybridized carbons (Fsp3) is 0.278. The van der Waals surface area contributed by atoms with Crippen molar-refractivity contribution in [1.82, 2.24) is 14.6 Å². The Kier molecular flexibility index (Phi) is 4.16. The third-order valence-electron chi connectivity index (χ3n) is 4.29. The number of carbonyl (C=O) groups excluding carboxylic acids is 1. The number of primary amides is 1. The van der Waals surface area contributed by atoms with Gasteiger partial charge in [0.1, 0.15) is 5.67 Å². The fourth-order valence-electron chi connectivity index (χ4n) is 2.47. The fourth-order valence-corrected chi connectivity index (χ4v) is 2.47. The van der Waals surface area contributed by atoms with Crippen molar-refractivity contribution in [3.8, 4) is 11.1 Å². The lowest BCUT2D eigenvalue weighted by Gasteiger charge is -2.26. The maximum atomic E-state index is 14.3. The van der Waals surface area contributed by atoms with E-state index in [9.17, 15) is 9.18 Å². The molecular weight excluding hydrogens is 321 g/mol. The van der Waals surface area contributed by atoms with Gasteiger partial charge in [-0.2, -0.15) is 5.10 Å². The van der Waals surface area contributed by atoms with Crippen LogP contribution in [0.15, 0.2) is 43.0 Å². The van der Waals surface area contributed by atoms with Crippen molar-refractivity contribution in [3.63, 3.8) is 0 Å². The van der Waals surface area contributed by atoms with E-state index in [2.05, 4.69) is 15.4 Å². The van der Waals surface area contributed by atoms with E-state index in [4.69, 9.17) is 5.73 Å². The Morgan fingerprint density at radius 1 is 1.36 bits per heavy atom. The number of nitrogens with one attached hydrogen (secondary N) is 1. The van der Waals surface area contributed by atoms with Crippen LogP contribution in [0.5, 0.6) is 0 Å². The summed E-state index contributed by atoms with van der Waals surface area (Å²) in [7, 11) is 0. The number of carbonyl (C=O) groups is 1. The Labute approximate surface area is 144 Å². The highest BCUT2D eigenvalue weighted by atomic mass is 19.1. The summed E-state index contributed by atoms with van der Waals surface area (Å²) >= 11 is 0. The first-order valence-electron chi connectivity index (χ1n) is 7.94. The van der Waals surface area contributed by atoms with Crippen molar-refractivity contribution < 1.29 is 9.18 Å². The molecule has 0 bridgehead atoms. The van der Waals surface area contributed by atoms with Gasteiger partial charge in [-0.15, -0.1) is 0 Å². The van der Waals surface area contributed by atoms with E-state index in [0.717, 1.165) is 11.1 Å².